The van der Waals surface area contributed by atoms with Gasteiger partial charge in [-0.15, -0.1) is 0 Å². The van der Waals surface area contributed by atoms with Crippen LogP contribution in [0.3, 0.4) is 0 Å². The van der Waals surface area contributed by atoms with Crippen LogP contribution in [0.1, 0.15) is 11.3 Å². The van der Waals surface area contributed by atoms with Gasteiger partial charge in [-0.3, -0.25) is 5.41 Å². The van der Waals surface area contributed by atoms with Gasteiger partial charge < -0.3 is 10.5 Å². The normalized spacial score (nSPS) is 10.1. The Morgan fingerprint density at radius 1 is 1.33 bits per heavy atom. The molecule has 0 spiro atoms. The fraction of sp³-hybridized carbons (Fsp3) is 0.0833. The maximum absolute atomic E-state index is 7.42. The smallest absolute Gasteiger partial charge is 0.249 e. The van der Waals surface area contributed by atoms with E-state index in [1.165, 1.54) is 12.4 Å². The Balaban J connectivity index is 2.37. The maximum atomic E-state index is 7.42. The number of nitrogens with zero attached hydrogens (tertiary/aromatic N) is 2. The first-order valence-corrected chi connectivity index (χ1v) is 5.96. The van der Waals surface area contributed by atoms with Crippen molar-refractivity contribution in [2.75, 3.05) is 0 Å². The molecule has 2 aromatic rings. The average molecular weight is 307 g/mol. The van der Waals surface area contributed by atoms with E-state index in [4.69, 9.17) is 15.9 Å². The van der Waals surface area contributed by atoms with Gasteiger partial charge in [0.1, 0.15) is 11.6 Å². The summed E-state index contributed by atoms with van der Waals surface area (Å²) >= 11 is 3.38. The second kappa shape index (κ2) is 5.14. The minimum absolute atomic E-state index is 0.173. The first-order chi connectivity index (χ1) is 8.58. The third kappa shape index (κ3) is 2.65. The zero-order valence-electron chi connectivity index (χ0n) is 9.64. The van der Waals surface area contributed by atoms with Crippen molar-refractivity contribution >= 4 is 21.8 Å². The number of halogens is 1. The van der Waals surface area contributed by atoms with Crippen molar-refractivity contribution in [3.63, 3.8) is 0 Å². The topological polar surface area (TPSA) is 84.9 Å². The van der Waals surface area contributed by atoms with Gasteiger partial charge in [0.2, 0.25) is 5.88 Å². The number of ether oxygens (including phenoxy) is 1. The number of benzene rings is 1. The fourth-order valence-electron chi connectivity index (χ4n) is 1.42. The van der Waals surface area contributed by atoms with Gasteiger partial charge in [0.15, 0.2) is 5.69 Å². The van der Waals surface area contributed by atoms with Gasteiger partial charge >= 0.3 is 0 Å². The monoisotopic (exact) mass is 306 g/mol. The summed E-state index contributed by atoms with van der Waals surface area (Å²) in [7, 11) is 0. The van der Waals surface area contributed by atoms with Crippen LogP contribution >= 0.6 is 15.9 Å². The van der Waals surface area contributed by atoms with Gasteiger partial charge in [0.25, 0.3) is 0 Å². The standard InChI is InChI=1S/C12H11BrN4O/c1-7-6-8(13)2-3-9(7)18-12-10(11(14)15)16-4-5-17-12/h2-6H,1H3,(H3,14,15). The lowest BCUT2D eigenvalue weighted by Gasteiger charge is -2.10. The summed E-state index contributed by atoms with van der Waals surface area (Å²) < 4.78 is 6.61. The molecule has 0 fully saturated rings. The first kappa shape index (κ1) is 12.5. The zero-order chi connectivity index (χ0) is 13.1. The van der Waals surface area contributed by atoms with Crippen molar-refractivity contribution in [1.29, 1.82) is 5.41 Å². The number of nitrogens with one attached hydrogen (secondary N) is 1. The van der Waals surface area contributed by atoms with Gasteiger partial charge in [-0.25, -0.2) is 9.97 Å². The molecule has 0 aliphatic rings. The maximum Gasteiger partial charge on any atom is 0.249 e. The molecule has 18 heavy (non-hydrogen) atoms. The Morgan fingerprint density at radius 3 is 2.72 bits per heavy atom. The largest absolute Gasteiger partial charge is 0.437 e. The SMILES string of the molecule is Cc1cc(Br)ccc1Oc1nccnc1C(=N)N. The van der Waals surface area contributed by atoms with Crippen LogP contribution in [-0.2, 0) is 0 Å². The molecule has 1 heterocycles. The molecule has 1 aromatic heterocycles. The fourth-order valence-corrected chi connectivity index (χ4v) is 1.89. The number of aromatic nitrogens is 2. The van der Waals surface area contributed by atoms with Crippen LogP contribution in [0.2, 0.25) is 0 Å². The minimum Gasteiger partial charge on any atom is -0.437 e. The minimum atomic E-state index is -0.173. The van der Waals surface area contributed by atoms with E-state index >= 15 is 0 Å². The van der Waals surface area contributed by atoms with Crippen LogP contribution in [0.4, 0.5) is 0 Å². The molecular formula is C12H11BrN4O. The molecule has 0 saturated carbocycles. The molecule has 0 saturated heterocycles. The number of nitrogen functional groups attached to an aromatic ring is 1. The Hall–Kier alpha value is -1.95. The number of amidine groups is 1. The quantitative estimate of drug-likeness (QED) is 0.674. The van der Waals surface area contributed by atoms with Crippen molar-refractivity contribution in [2.45, 2.75) is 6.92 Å². The number of rotatable bonds is 3. The summed E-state index contributed by atoms with van der Waals surface area (Å²) in [6.45, 7) is 1.92. The molecule has 1 aromatic carbocycles. The van der Waals surface area contributed by atoms with Crippen LogP contribution in [0.5, 0.6) is 11.6 Å². The third-order valence-corrected chi connectivity index (χ3v) is 2.76. The third-order valence-electron chi connectivity index (χ3n) is 2.26. The second-order valence-electron chi connectivity index (χ2n) is 3.64. The summed E-state index contributed by atoms with van der Waals surface area (Å²) in [5.41, 5.74) is 6.61. The van der Waals surface area contributed by atoms with Crippen molar-refractivity contribution in [3.8, 4) is 11.6 Å². The van der Waals surface area contributed by atoms with Gasteiger partial charge in [-0.1, -0.05) is 15.9 Å². The zero-order valence-corrected chi connectivity index (χ0v) is 11.2. The highest BCUT2D eigenvalue weighted by molar-refractivity contribution is 9.10. The first-order valence-electron chi connectivity index (χ1n) is 5.17. The Labute approximate surface area is 113 Å². The molecule has 0 aliphatic heterocycles. The van der Waals surface area contributed by atoms with Crippen LogP contribution < -0.4 is 10.5 Å². The summed E-state index contributed by atoms with van der Waals surface area (Å²) in [4.78, 5) is 8.02. The molecule has 6 heteroatoms. The average Bonchev–Trinajstić information content (AvgIpc) is 2.33. The molecule has 0 atom stereocenters. The molecule has 5 nitrogen and oxygen atoms in total. The molecule has 3 N–H and O–H groups in total. The summed E-state index contributed by atoms with van der Waals surface area (Å²) in [6.07, 6.45) is 2.97. The number of hydrogen-bond acceptors (Lipinski definition) is 4. The summed E-state index contributed by atoms with van der Waals surface area (Å²) in [5.74, 6) is 0.712. The molecule has 2 rings (SSSR count). The lowest BCUT2D eigenvalue weighted by Crippen LogP contribution is -2.15. The van der Waals surface area contributed by atoms with E-state index in [0.717, 1.165) is 10.0 Å². The molecule has 0 aliphatic carbocycles. The van der Waals surface area contributed by atoms with Crippen LogP contribution in [0.25, 0.3) is 0 Å². The molecule has 0 amide bonds. The van der Waals surface area contributed by atoms with Gasteiger partial charge in [0, 0.05) is 16.9 Å². The van der Waals surface area contributed by atoms with Gasteiger partial charge in [-0.05, 0) is 30.7 Å². The number of aryl methyl sites for hydroxylation is 1. The van der Waals surface area contributed by atoms with E-state index in [-0.39, 0.29) is 17.4 Å². The summed E-state index contributed by atoms with van der Waals surface area (Å²) in [5, 5.41) is 7.42. The van der Waals surface area contributed by atoms with E-state index in [9.17, 15) is 0 Å². The van der Waals surface area contributed by atoms with E-state index in [2.05, 4.69) is 25.9 Å². The van der Waals surface area contributed by atoms with Crippen molar-refractivity contribution < 1.29 is 4.74 Å². The summed E-state index contributed by atoms with van der Waals surface area (Å²) in [6, 6.07) is 5.61. The van der Waals surface area contributed by atoms with Crippen LogP contribution in [0.15, 0.2) is 35.1 Å². The van der Waals surface area contributed by atoms with E-state index in [1.807, 2.05) is 25.1 Å². The molecule has 0 radical (unpaired) electrons. The van der Waals surface area contributed by atoms with E-state index < -0.39 is 0 Å². The lowest BCUT2D eigenvalue weighted by molar-refractivity contribution is 0.455. The lowest BCUT2D eigenvalue weighted by atomic mass is 10.2. The molecule has 92 valence electrons. The van der Waals surface area contributed by atoms with Crippen LogP contribution in [-0.4, -0.2) is 15.8 Å². The Morgan fingerprint density at radius 2 is 2.06 bits per heavy atom. The van der Waals surface area contributed by atoms with Gasteiger partial charge in [-0.2, -0.15) is 0 Å². The van der Waals surface area contributed by atoms with Crippen LogP contribution in [0, 0.1) is 12.3 Å². The van der Waals surface area contributed by atoms with Crippen molar-refractivity contribution in [3.05, 3.63) is 46.3 Å². The number of hydrogen-bond donors (Lipinski definition) is 2. The second-order valence-corrected chi connectivity index (χ2v) is 4.55. The van der Waals surface area contributed by atoms with Crippen molar-refractivity contribution in [1.82, 2.24) is 9.97 Å². The van der Waals surface area contributed by atoms with E-state index in [1.54, 1.807) is 0 Å². The number of nitrogens with two attached hydrogens (primary N) is 1. The van der Waals surface area contributed by atoms with Crippen molar-refractivity contribution in [2.24, 2.45) is 5.73 Å². The highest BCUT2D eigenvalue weighted by atomic mass is 79.9. The van der Waals surface area contributed by atoms with E-state index in [0.29, 0.717) is 5.75 Å². The Bertz CT molecular complexity index is 600. The highest BCUT2D eigenvalue weighted by Gasteiger charge is 2.11. The predicted molar refractivity (Wildman–Crippen MR) is 72.0 cm³/mol. The van der Waals surface area contributed by atoms with Gasteiger partial charge in [0.05, 0.1) is 0 Å². The molecule has 0 unspecified atom stereocenters. The molecular weight excluding hydrogens is 296 g/mol. The highest BCUT2D eigenvalue weighted by Crippen LogP contribution is 2.27. The predicted octanol–water partition coefficient (Wildman–Crippen LogP) is 2.62. The Kier molecular flexibility index (Phi) is 3.57. The molecule has 0 bridgehead atoms.